The number of para-hydroxylation sites is 1. The molecule has 1 unspecified atom stereocenters. The number of methoxy groups -OCH3 is 1. The second-order valence-corrected chi connectivity index (χ2v) is 6.05. The molecule has 0 saturated heterocycles. The normalized spacial score (nSPS) is 12.8. The maximum atomic E-state index is 9.97. The van der Waals surface area contributed by atoms with Gasteiger partial charge in [0.05, 0.1) is 6.61 Å². The summed E-state index contributed by atoms with van der Waals surface area (Å²) in [6, 6.07) is 9.80. The fourth-order valence-electron chi connectivity index (χ4n) is 2.16. The van der Waals surface area contributed by atoms with Gasteiger partial charge in [-0.05, 0) is 18.2 Å². The van der Waals surface area contributed by atoms with Crippen LogP contribution in [0.2, 0.25) is 0 Å². The predicted octanol–water partition coefficient (Wildman–Crippen LogP) is 2.73. The van der Waals surface area contributed by atoms with Crippen molar-refractivity contribution in [2.75, 3.05) is 20.3 Å². The van der Waals surface area contributed by atoms with Crippen LogP contribution in [0.3, 0.4) is 0 Å². The first-order valence-electron chi connectivity index (χ1n) is 8.34. The number of aliphatic hydroxyl groups is 1. The van der Waals surface area contributed by atoms with Crippen molar-refractivity contribution in [2.24, 2.45) is 0 Å². The highest BCUT2D eigenvalue weighted by atomic mass is 16.5. The van der Waals surface area contributed by atoms with Crippen molar-refractivity contribution in [3.63, 3.8) is 0 Å². The first kappa shape index (κ1) is 19.2. The van der Waals surface area contributed by atoms with Gasteiger partial charge in [-0.1, -0.05) is 37.2 Å². The van der Waals surface area contributed by atoms with E-state index in [-0.39, 0.29) is 6.61 Å². The Hall–Kier alpha value is -2.15. The number of nitrogens with one attached hydrogen (secondary N) is 1. The van der Waals surface area contributed by atoms with Crippen LogP contribution >= 0.6 is 0 Å². The van der Waals surface area contributed by atoms with E-state index >= 15 is 0 Å². The lowest BCUT2D eigenvalue weighted by Crippen LogP contribution is -2.35. The second kappa shape index (κ2) is 9.98. The summed E-state index contributed by atoms with van der Waals surface area (Å²) in [4.78, 5) is 0. The van der Waals surface area contributed by atoms with Gasteiger partial charge in [-0.15, -0.1) is 0 Å². The van der Waals surface area contributed by atoms with Gasteiger partial charge in [0.25, 0.3) is 0 Å². The summed E-state index contributed by atoms with van der Waals surface area (Å²) >= 11 is 0. The van der Waals surface area contributed by atoms with E-state index in [0.717, 1.165) is 11.3 Å². The van der Waals surface area contributed by atoms with Gasteiger partial charge in [0.15, 0.2) is 5.76 Å². The highest BCUT2D eigenvalue weighted by Gasteiger charge is 2.08. The molecule has 136 valence electrons. The Morgan fingerprint density at radius 3 is 2.84 bits per heavy atom. The average molecular weight is 346 g/mol. The second-order valence-electron chi connectivity index (χ2n) is 6.05. The van der Waals surface area contributed by atoms with Crippen molar-refractivity contribution in [1.29, 1.82) is 0 Å². The lowest BCUT2D eigenvalue weighted by molar-refractivity contribution is 0.104. The number of aliphatic hydroxyl groups excluding tert-OH is 1. The Labute approximate surface area is 148 Å². The molecule has 0 aliphatic rings. The Kier molecular flexibility index (Phi) is 7.66. The van der Waals surface area contributed by atoms with Gasteiger partial charge < -0.3 is 24.4 Å². The molecule has 0 amide bonds. The summed E-state index contributed by atoms with van der Waals surface area (Å²) < 4.78 is 16.0. The van der Waals surface area contributed by atoms with Crippen molar-refractivity contribution in [3.8, 4) is 5.75 Å². The molecule has 25 heavy (non-hydrogen) atoms. The molecule has 2 aromatic rings. The van der Waals surface area contributed by atoms with Crippen LogP contribution in [0.5, 0.6) is 5.75 Å². The van der Waals surface area contributed by atoms with Crippen LogP contribution in [0.4, 0.5) is 0 Å². The fraction of sp³-hybridized carbons (Fsp3) is 0.421. The summed E-state index contributed by atoms with van der Waals surface area (Å²) in [5.74, 6) is 1.35. The van der Waals surface area contributed by atoms with Gasteiger partial charge in [-0.3, -0.25) is 0 Å². The number of ether oxygens (including phenoxy) is 2. The Bertz CT molecular complexity index is 667. The van der Waals surface area contributed by atoms with Gasteiger partial charge in [-0.2, -0.15) is 0 Å². The quantitative estimate of drug-likeness (QED) is 0.689. The van der Waals surface area contributed by atoms with Gasteiger partial charge >= 0.3 is 0 Å². The van der Waals surface area contributed by atoms with Crippen molar-refractivity contribution in [1.82, 2.24) is 10.5 Å². The van der Waals surface area contributed by atoms with Crippen LogP contribution in [0, 0.1) is 0 Å². The molecule has 1 aromatic carbocycles. The Morgan fingerprint density at radius 2 is 2.08 bits per heavy atom. The minimum atomic E-state index is -0.565. The van der Waals surface area contributed by atoms with E-state index in [9.17, 15) is 5.11 Å². The van der Waals surface area contributed by atoms with E-state index in [4.69, 9.17) is 14.0 Å². The number of hydrogen-bond donors (Lipinski definition) is 2. The first-order chi connectivity index (χ1) is 12.1. The third-order valence-electron chi connectivity index (χ3n) is 3.41. The molecule has 6 nitrogen and oxygen atoms in total. The van der Waals surface area contributed by atoms with Gasteiger partial charge in [0.2, 0.25) is 0 Å². The molecule has 0 aliphatic carbocycles. The standard InChI is InChI=1S/C19H26N2O4/c1-14(2)20-11-17(22)13-24-19-7-5-4-6-15(19)8-9-18-10-16(12-23-3)21-25-18/h4-10,14,17,20,22H,11-13H2,1-3H3. The molecule has 0 fully saturated rings. The van der Waals surface area contributed by atoms with Crippen LogP contribution in [-0.2, 0) is 11.3 Å². The summed E-state index contributed by atoms with van der Waals surface area (Å²) in [5.41, 5.74) is 1.64. The lowest BCUT2D eigenvalue weighted by Gasteiger charge is -2.16. The highest BCUT2D eigenvalue weighted by Crippen LogP contribution is 2.21. The summed E-state index contributed by atoms with van der Waals surface area (Å²) in [6.45, 7) is 5.21. The smallest absolute Gasteiger partial charge is 0.160 e. The summed E-state index contributed by atoms with van der Waals surface area (Å²) in [6.07, 6.45) is 3.15. The molecule has 1 aromatic heterocycles. The lowest BCUT2D eigenvalue weighted by atomic mass is 10.1. The first-order valence-corrected chi connectivity index (χ1v) is 8.34. The molecule has 1 heterocycles. The summed E-state index contributed by atoms with van der Waals surface area (Å²) in [5, 5.41) is 17.1. The van der Waals surface area contributed by atoms with Crippen LogP contribution in [-0.4, -0.2) is 42.7 Å². The minimum Gasteiger partial charge on any atom is -0.490 e. The zero-order chi connectivity index (χ0) is 18.1. The average Bonchev–Trinajstić information content (AvgIpc) is 3.05. The molecule has 0 bridgehead atoms. The number of hydrogen-bond acceptors (Lipinski definition) is 6. The largest absolute Gasteiger partial charge is 0.490 e. The molecular weight excluding hydrogens is 320 g/mol. The third kappa shape index (κ3) is 6.70. The monoisotopic (exact) mass is 346 g/mol. The van der Waals surface area contributed by atoms with Crippen molar-refractivity contribution < 1.29 is 19.1 Å². The SMILES string of the molecule is COCc1cc(C=Cc2ccccc2OCC(O)CNC(C)C)on1. The van der Waals surface area contributed by atoms with Gasteiger partial charge in [0, 0.05) is 31.3 Å². The molecule has 6 heteroatoms. The van der Waals surface area contributed by atoms with E-state index in [1.54, 1.807) is 7.11 Å². The molecule has 0 aliphatic heterocycles. The Morgan fingerprint density at radius 1 is 1.28 bits per heavy atom. The zero-order valence-corrected chi connectivity index (χ0v) is 14.9. The van der Waals surface area contributed by atoms with E-state index in [2.05, 4.69) is 10.5 Å². The Balaban J connectivity index is 1.96. The molecular formula is C19H26N2O4. The molecule has 2 rings (SSSR count). The van der Waals surface area contributed by atoms with E-state index in [1.165, 1.54) is 0 Å². The third-order valence-corrected chi connectivity index (χ3v) is 3.41. The van der Waals surface area contributed by atoms with Crippen LogP contribution in [0.1, 0.15) is 30.9 Å². The van der Waals surface area contributed by atoms with Crippen LogP contribution in [0.25, 0.3) is 12.2 Å². The number of benzene rings is 1. The predicted molar refractivity (Wildman–Crippen MR) is 97.2 cm³/mol. The van der Waals surface area contributed by atoms with Crippen molar-refractivity contribution in [3.05, 3.63) is 47.3 Å². The fourth-order valence-corrected chi connectivity index (χ4v) is 2.16. The summed E-state index contributed by atoms with van der Waals surface area (Å²) in [7, 11) is 1.61. The topological polar surface area (TPSA) is 76.8 Å². The maximum absolute atomic E-state index is 9.97. The molecule has 2 N–H and O–H groups in total. The van der Waals surface area contributed by atoms with Crippen LogP contribution in [0.15, 0.2) is 34.9 Å². The van der Waals surface area contributed by atoms with E-state index in [1.807, 2.05) is 56.3 Å². The highest BCUT2D eigenvalue weighted by molar-refractivity contribution is 5.70. The van der Waals surface area contributed by atoms with Crippen LogP contribution < -0.4 is 10.1 Å². The number of nitrogens with zero attached hydrogens (tertiary/aromatic N) is 1. The van der Waals surface area contributed by atoms with Crippen molar-refractivity contribution >= 4 is 12.2 Å². The number of aromatic nitrogens is 1. The van der Waals surface area contributed by atoms with Gasteiger partial charge in [-0.25, -0.2) is 0 Å². The molecule has 0 saturated carbocycles. The molecule has 0 spiro atoms. The van der Waals surface area contributed by atoms with Gasteiger partial charge in [0.1, 0.15) is 24.2 Å². The molecule has 1 atom stereocenters. The van der Waals surface area contributed by atoms with E-state index < -0.39 is 6.10 Å². The minimum absolute atomic E-state index is 0.227. The maximum Gasteiger partial charge on any atom is 0.160 e. The van der Waals surface area contributed by atoms with Crippen molar-refractivity contribution in [2.45, 2.75) is 32.6 Å². The van der Waals surface area contributed by atoms with E-state index in [0.29, 0.717) is 30.7 Å². The zero-order valence-electron chi connectivity index (χ0n) is 14.9. The molecule has 0 radical (unpaired) electrons. The number of rotatable bonds is 10.